The second kappa shape index (κ2) is 13.6. The zero-order chi connectivity index (χ0) is 27.7. The summed E-state index contributed by atoms with van der Waals surface area (Å²) < 4.78 is 40.2. The van der Waals surface area contributed by atoms with Crippen LogP contribution in [-0.4, -0.2) is 13.5 Å². The first-order valence-electron chi connectivity index (χ1n) is 11.8. The summed E-state index contributed by atoms with van der Waals surface area (Å²) in [5.41, 5.74) is 6.75. The Labute approximate surface area is 229 Å². The van der Waals surface area contributed by atoms with Gasteiger partial charge in [0, 0.05) is 0 Å². The molecule has 0 aromatic heterocycles. The van der Waals surface area contributed by atoms with E-state index >= 15 is 0 Å². The topological polar surface area (TPSA) is 96.9 Å². The minimum absolute atomic E-state index is 0.137. The molecule has 0 radical (unpaired) electrons. The van der Waals surface area contributed by atoms with Crippen LogP contribution in [0.5, 0.6) is 17.2 Å². The van der Waals surface area contributed by atoms with Crippen LogP contribution in [0.1, 0.15) is 27.8 Å². The molecule has 200 valence electrons. The number of hydrogen-bond acceptors (Lipinski definition) is 5. The molecule has 7 nitrogen and oxygen atoms in total. The monoisotopic (exact) mass is 552 g/mol. The number of benzene rings is 4. The molecule has 2 unspecified atom stereocenters. The van der Waals surface area contributed by atoms with Crippen molar-refractivity contribution in [2.75, 3.05) is 9.44 Å². The molecule has 0 saturated carbocycles. The molecule has 0 spiro atoms. The van der Waals surface area contributed by atoms with Crippen molar-refractivity contribution < 1.29 is 21.9 Å². The Morgan fingerprint density at radius 2 is 1.08 bits per heavy atom. The summed E-state index contributed by atoms with van der Waals surface area (Å²) in [6.07, 6.45) is 0. The van der Waals surface area contributed by atoms with Crippen LogP contribution in [0.2, 0.25) is 0 Å². The highest BCUT2D eigenvalue weighted by Gasteiger charge is 2.10. The number of anilines is 2. The molecule has 0 fully saturated rings. The van der Waals surface area contributed by atoms with Crippen molar-refractivity contribution >= 4 is 33.9 Å². The number of phenolic OH excluding ortho intramolecular Hbond substituents is 1. The molecule has 0 saturated heterocycles. The van der Waals surface area contributed by atoms with Crippen molar-refractivity contribution in [1.29, 1.82) is 0 Å². The number of rotatable bonds is 8. The standard InChI is InChI=1S/C20H20N2O5S2.C9H12/c1-14-3-8-17(9-4-14)26-28(24)21-16-7-12-20(23)19(13-16)22-29(25)27-18-10-5-15(2)6-11-18;1-7-4-5-8(2)9(3)6-7/h3-13,21-23H,1-2H3;4-6H,1-3H3. The fraction of sp³-hybridized carbons (Fsp3) is 0.172. The van der Waals surface area contributed by atoms with Crippen LogP contribution >= 0.6 is 0 Å². The predicted octanol–water partition coefficient (Wildman–Crippen LogP) is 6.76. The van der Waals surface area contributed by atoms with E-state index in [1.54, 1.807) is 24.3 Å². The van der Waals surface area contributed by atoms with Gasteiger partial charge in [0.15, 0.2) is 0 Å². The highest BCUT2D eigenvalue weighted by Crippen LogP contribution is 2.28. The fourth-order valence-electron chi connectivity index (χ4n) is 3.16. The summed E-state index contributed by atoms with van der Waals surface area (Å²) in [6, 6.07) is 25.0. The van der Waals surface area contributed by atoms with Gasteiger partial charge in [0.25, 0.3) is 0 Å². The molecule has 0 amide bonds. The Kier molecular flexibility index (Phi) is 10.3. The Hall–Kier alpha value is -3.82. The van der Waals surface area contributed by atoms with Crippen LogP contribution in [0, 0.1) is 34.6 Å². The molecule has 3 N–H and O–H groups in total. The summed E-state index contributed by atoms with van der Waals surface area (Å²) in [7, 11) is 0. The van der Waals surface area contributed by atoms with Crippen molar-refractivity contribution in [3.8, 4) is 17.2 Å². The first-order chi connectivity index (χ1) is 18.1. The van der Waals surface area contributed by atoms with Crippen LogP contribution < -0.4 is 17.8 Å². The van der Waals surface area contributed by atoms with E-state index in [0.29, 0.717) is 17.2 Å². The molecule has 4 rings (SSSR count). The number of nitrogens with one attached hydrogen (secondary N) is 2. The zero-order valence-electron chi connectivity index (χ0n) is 22.0. The van der Waals surface area contributed by atoms with Crippen LogP contribution in [0.3, 0.4) is 0 Å². The van der Waals surface area contributed by atoms with Crippen molar-refractivity contribution in [3.63, 3.8) is 0 Å². The zero-order valence-corrected chi connectivity index (χ0v) is 23.6. The molecule has 0 aliphatic carbocycles. The second-order valence-electron chi connectivity index (χ2n) is 8.79. The van der Waals surface area contributed by atoms with Crippen molar-refractivity contribution in [2.45, 2.75) is 34.6 Å². The maximum atomic E-state index is 12.2. The minimum Gasteiger partial charge on any atom is -0.506 e. The molecule has 38 heavy (non-hydrogen) atoms. The first-order valence-corrected chi connectivity index (χ1v) is 14.0. The van der Waals surface area contributed by atoms with Gasteiger partial charge in [0.05, 0.1) is 11.4 Å². The predicted molar refractivity (Wildman–Crippen MR) is 156 cm³/mol. The highest BCUT2D eigenvalue weighted by molar-refractivity contribution is 7.82. The average molecular weight is 553 g/mol. The van der Waals surface area contributed by atoms with Crippen LogP contribution in [0.15, 0.2) is 84.9 Å². The minimum atomic E-state index is -1.94. The molecule has 2 atom stereocenters. The van der Waals surface area contributed by atoms with Gasteiger partial charge in [-0.05, 0) is 88.2 Å². The van der Waals surface area contributed by atoms with E-state index in [1.807, 2.05) is 38.1 Å². The highest BCUT2D eigenvalue weighted by atomic mass is 32.2. The molecular weight excluding hydrogens is 520 g/mol. The van der Waals surface area contributed by atoms with Gasteiger partial charge in [-0.1, -0.05) is 59.2 Å². The van der Waals surface area contributed by atoms with Gasteiger partial charge in [0.2, 0.25) is 0 Å². The lowest BCUT2D eigenvalue weighted by molar-refractivity contribution is 0.477. The van der Waals surface area contributed by atoms with Crippen LogP contribution in [0.25, 0.3) is 0 Å². The van der Waals surface area contributed by atoms with Gasteiger partial charge in [-0.3, -0.25) is 9.44 Å². The summed E-state index contributed by atoms with van der Waals surface area (Å²) in [4.78, 5) is 0. The first kappa shape index (κ1) is 28.7. The van der Waals surface area contributed by atoms with Crippen molar-refractivity contribution in [3.05, 3.63) is 113 Å². The Balaban J connectivity index is 0.000000375. The molecule has 4 aromatic rings. The second-order valence-corrected chi connectivity index (χ2v) is 10.5. The average Bonchev–Trinajstić information content (AvgIpc) is 2.87. The summed E-state index contributed by atoms with van der Waals surface area (Å²) >= 11 is -3.79. The van der Waals surface area contributed by atoms with Crippen molar-refractivity contribution in [2.24, 2.45) is 0 Å². The quantitative estimate of drug-likeness (QED) is 0.166. The largest absolute Gasteiger partial charge is 0.506 e. The lowest BCUT2D eigenvalue weighted by Gasteiger charge is -2.11. The van der Waals surface area contributed by atoms with Gasteiger partial charge in [-0.25, -0.2) is 0 Å². The van der Waals surface area contributed by atoms with Gasteiger partial charge in [-0.2, -0.15) is 8.42 Å². The van der Waals surface area contributed by atoms with Crippen LogP contribution in [0.4, 0.5) is 11.4 Å². The smallest absolute Gasteiger partial charge is 0.316 e. The Morgan fingerprint density at radius 1 is 0.579 bits per heavy atom. The van der Waals surface area contributed by atoms with Gasteiger partial charge >= 0.3 is 22.5 Å². The van der Waals surface area contributed by atoms with Gasteiger partial charge < -0.3 is 13.5 Å². The number of aryl methyl sites for hydroxylation is 5. The normalized spacial score (nSPS) is 11.9. The van der Waals surface area contributed by atoms with E-state index in [0.717, 1.165) is 11.1 Å². The van der Waals surface area contributed by atoms with E-state index in [9.17, 15) is 13.5 Å². The Morgan fingerprint density at radius 3 is 1.58 bits per heavy atom. The summed E-state index contributed by atoms with van der Waals surface area (Å²) in [6.45, 7) is 10.3. The number of aromatic hydroxyl groups is 1. The van der Waals surface area contributed by atoms with Gasteiger partial charge in [0.1, 0.15) is 17.2 Å². The maximum absolute atomic E-state index is 12.2. The van der Waals surface area contributed by atoms with E-state index in [2.05, 4.69) is 48.4 Å². The van der Waals surface area contributed by atoms with E-state index in [-0.39, 0.29) is 11.4 Å². The summed E-state index contributed by atoms with van der Waals surface area (Å²) in [5, 5.41) is 9.99. The van der Waals surface area contributed by atoms with Crippen LogP contribution in [-0.2, 0) is 22.5 Å². The molecular formula is C29H32N2O5S2. The van der Waals surface area contributed by atoms with E-state index in [4.69, 9.17) is 8.37 Å². The number of phenols is 1. The Bertz CT molecular complexity index is 1410. The number of hydrogen-bond donors (Lipinski definition) is 3. The maximum Gasteiger partial charge on any atom is 0.316 e. The lowest BCUT2D eigenvalue weighted by atomic mass is 10.1. The molecule has 0 heterocycles. The molecule has 0 aliphatic rings. The van der Waals surface area contributed by atoms with E-state index < -0.39 is 22.5 Å². The van der Waals surface area contributed by atoms with Gasteiger partial charge in [-0.15, -0.1) is 0 Å². The molecule has 9 heteroatoms. The lowest BCUT2D eigenvalue weighted by Crippen LogP contribution is -2.13. The van der Waals surface area contributed by atoms with E-state index in [1.165, 1.54) is 34.9 Å². The third-order valence-electron chi connectivity index (χ3n) is 5.44. The van der Waals surface area contributed by atoms with Crippen molar-refractivity contribution in [1.82, 2.24) is 0 Å². The molecule has 4 aromatic carbocycles. The molecule has 0 bridgehead atoms. The summed E-state index contributed by atoms with van der Waals surface area (Å²) in [5.74, 6) is 0.732. The molecule has 0 aliphatic heterocycles. The third-order valence-corrected chi connectivity index (χ3v) is 6.92. The SMILES string of the molecule is Cc1ccc(C)c(C)c1.Cc1ccc(OS(=O)Nc2ccc(O)c(NS(=O)Oc3ccc(C)cc3)c2)cc1. The fourth-order valence-corrected chi connectivity index (χ4v) is 4.48. The third kappa shape index (κ3) is 9.24.